The van der Waals surface area contributed by atoms with Crippen LogP contribution in [0.2, 0.25) is 5.02 Å². The largest absolute Gasteiger partial charge is 0.280 e. The van der Waals surface area contributed by atoms with Gasteiger partial charge in [0.05, 0.1) is 16.3 Å². The average Bonchev–Trinajstić information content (AvgIpc) is 2.70. The van der Waals surface area contributed by atoms with Crippen molar-refractivity contribution in [2.45, 2.75) is 30.7 Å². The van der Waals surface area contributed by atoms with Crippen molar-refractivity contribution in [2.75, 3.05) is 10.5 Å². The molecule has 0 bridgehead atoms. The van der Waals surface area contributed by atoms with E-state index in [2.05, 4.69) is 14.9 Å². The van der Waals surface area contributed by atoms with Gasteiger partial charge < -0.3 is 0 Å². The van der Waals surface area contributed by atoms with E-state index in [0.717, 1.165) is 0 Å². The third-order valence-corrected chi connectivity index (χ3v) is 8.04. The highest BCUT2D eigenvalue weighted by Crippen LogP contribution is 2.27. The lowest BCUT2D eigenvalue weighted by atomic mass is 10.1. The van der Waals surface area contributed by atoms with Crippen molar-refractivity contribution in [2.24, 2.45) is 0 Å². The van der Waals surface area contributed by atoms with Crippen molar-refractivity contribution in [3.63, 3.8) is 0 Å². The van der Waals surface area contributed by atoms with Gasteiger partial charge in [0.1, 0.15) is 0 Å². The summed E-state index contributed by atoms with van der Waals surface area (Å²) in [5, 5.41) is 8.17. The quantitative estimate of drug-likeness (QED) is 0.589. The lowest BCUT2D eigenvalue weighted by Gasteiger charge is -2.13. The average molecular weight is 466 g/mol. The van der Waals surface area contributed by atoms with Crippen LogP contribution in [0.15, 0.2) is 58.5 Å². The number of aryl methyl sites for hydroxylation is 2. The van der Waals surface area contributed by atoms with Crippen LogP contribution >= 0.6 is 11.6 Å². The van der Waals surface area contributed by atoms with Crippen molar-refractivity contribution in [3.05, 3.63) is 64.7 Å². The van der Waals surface area contributed by atoms with Crippen LogP contribution in [-0.2, 0) is 19.9 Å². The molecule has 30 heavy (non-hydrogen) atoms. The zero-order chi connectivity index (χ0) is 22.1. The van der Waals surface area contributed by atoms with E-state index in [-0.39, 0.29) is 15.7 Å². The molecule has 0 saturated carbocycles. The van der Waals surface area contributed by atoms with Gasteiger partial charge in [0, 0.05) is 16.3 Å². The third-order valence-electron chi connectivity index (χ3n) is 4.50. The van der Waals surface area contributed by atoms with E-state index in [1.165, 1.54) is 25.1 Å². The van der Waals surface area contributed by atoms with Gasteiger partial charge in [0.25, 0.3) is 10.0 Å². The maximum atomic E-state index is 12.9. The van der Waals surface area contributed by atoms with Crippen LogP contribution in [0.4, 0.5) is 5.69 Å². The first kappa shape index (κ1) is 22.2. The molecule has 0 spiro atoms. The molecular weight excluding hydrogens is 446 g/mol. The van der Waals surface area contributed by atoms with Gasteiger partial charge in [-0.05, 0) is 61.4 Å². The van der Waals surface area contributed by atoms with Crippen LogP contribution in [0.5, 0.6) is 0 Å². The van der Waals surface area contributed by atoms with Gasteiger partial charge in [0.15, 0.2) is 14.9 Å². The molecule has 0 saturated heterocycles. The summed E-state index contributed by atoms with van der Waals surface area (Å²) >= 11 is 6.07. The molecule has 10 heteroatoms. The van der Waals surface area contributed by atoms with Crippen LogP contribution in [0, 0.1) is 13.8 Å². The molecule has 0 aliphatic heterocycles. The summed E-state index contributed by atoms with van der Waals surface area (Å²) in [6.07, 6.45) is 0. The molecule has 2 aromatic carbocycles. The summed E-state index contributed by atoms with van der Waals surface area (Å²) in [7, 11) is -7.28. The van der Waals surface area contributed by atoms with Gasteiger partial charge in [-0.1, -0.05) is 30.7 Å². The topological polar surface area (TPSA) is 106 Å². The number of nitrogens with zero attached hydrogens (tertiary/aromatic N) is 2. The Morgan fingerprint density at radius 3 is 2.30 bits per heavy atom. The number of halogens is 1. The summed E-state index contributed by atoms with van der Waals surface area (Å²) < 4.78 is 52.1. The number of aromatic nitrogens is 2. The predicted octanol–water partition coefficient (Wildman–Crippen LogP) is 4.01. The van der Waals surface area contributed by atoms with Crippen LogP contribution in [0.3, 0.4) is 0 Å². The number of hydrogen-bond donors (Lipinski definition) is 1. The van der Waals surface area contributed by atoms with Crippen molar-refractivity contribution >= 4 is 37.1 Å². The highest BCUT2D eigenvalue weighted by Gasteiger charge is 2.19. The second-order valence-corrected chi connectivity index (χ2v) is 11.0. The van der Waals surface area contributed by atoms with Gasteiger partial charge in [-0.3, -0.25) is 4.72 Å². The SMILES string of the molecule is CCS(=O)(=O)c1ccc(-c2cccc(NS(=O)(=O)c3cc(C)c(Cl)cc3C)c2)nn1. The number of benzene rings is 2. The minimum atomic E-state index is -3.84. The Morgan fingerprint density at radius 2 is 1.67 bits per heavy atom. The molecule has 0 aliphatic carbocycles. The molecule has 0 atom stereocenters. The summed E-state index contributed by atoms with van der Waals surface area (Å²) in [6.45, 7) is 4.95. The Labute approximate surface area is 181 Å². The maximum absolute atomic E-state index is 12.9. The fraction of sp³-hybridized carbons (Fsp3) is 0.200. The van der Waals surface area contributed by atoms with Crippen molar-refractivity contribution in [3.8, 4) is 11.3 Å². The monoisotopic (exact) mass is 465 g/mol. The van der Waals surface area contributed by atoms with E-state index < -0.39 is 19.9 Å². The zero-order valence-corrected chi connectivity index (χ0v) is 18.9. The Kier molecular flexibility index (Phi) is 6.16. The van der Waals surface area contributed by atoms with E-state index >= 15 is 0 Å². The van der Waals surface area contributed by atoms with Gasteiger partial charge >= 0.3 is 0 Å². The van der Waals surface area contributed by atoms with E-state index in [1.807, 2.05) is 0 Å². The van der Waals surface area contributed by atoms with E-state index in [0.29, 0.717) is 33.1 Å². The molecule has 1 N–H and O–H groups in total. The Balaban J connectivity index is 1.92. The molecule has 7 nitrogen and oxygen atoms in total. The number of anilines is 1. The lowest BCUT2D eigenvalue weighted by Crippen LogP contribution is -2.14. The van der Waals surface area contributed by atoms with Crippen molar-refractivity contribution in [1.29, 1.82) is 0 Å². The molecule has 3 rings (SSSR count). The molecule has 3 aromatic rings. The fourth-order valence-corrected chi connectivity index (χ4v) is 5.10. The maximum Gasteiger partial charge on any atom is 0.262 e. The third kappa shape index (κ3) is 4.63. The van der Waals surface area contributed by atoms with Crippen LogP contribution < -0.4 is 4.72 Å². The summed E-state index contributed by atoms with van der Waals surface area (Å²) in [5.74, 6) is -0.0676. The first-order valence-electron chi connectivity index (χ1n) is 9.00. The van der Waals surface area contributed by atoms with E-state index in [4.69, 9.17) is 11.6 Å². The highest BCUT2D eigenvalue weighted by molar-refractivity contribution is 7.92. The molecule has 158 valence electrons. The molecule has 0 aliphatic rings. The number of sulfonamides is 1. The van der Waals surface area contributed by atoms with Gasteiger partial charge in [-0.15, -0.1) is 10.2 Å². The Bertz CT molecular complexity index is 1310. The highest BCUT2D eigenvalue weighted by atomic mass is 35.5. The smallest absolute Gasteiger partial charge is 0.262 e. The number of sulfone groups is 1. The summed E-state index contributed by atoms with van der Waals surface area (Å²) in [6, 6.07) is 12.7. The first-order chi connectivity index (χ1) is 14.0. The molecule has 0 unspecified atom stereocenters. The summed E-state index contributed by atoms with van der Waals surface area (Å²) in [5.41, 5.74) is 2.55. The minimum absolute atomic E-state index is 0.0676. The Morgan fingerprint density at radius 1 is 0.933 bits per heavy atom. The first-order valence-corrected chi connectivity index (χ1v) is 12.5. The second kappa shape index (κ2) is 8.33. The number of hydrogen-bond acceptors (Lipinski definition) is 6. The van der Waals surface area contributed by atoms with Gasteiger partial charge in [-0.2, -0.15) is 0 Å². The fourth-order valence-electron chi connectivity index (χ4n) is 2.78. The molecule has 0 amide bonds. The molecule has 1 heterocycles. The van der Waals surface area contributed by atoms with Gasteiger partial charge in [0.2, 0.25) is 0 Å². The lowest BCUT2D eigenvalue weighted by molar-refractivity contribution is 0.591. The number of nitrogens with one attached hydrogen (secondary N) is 1. The van der Waals surface area contributed by atoms with Gasteiger partial charge in [-0.25, -0.2) is 16.8 Å². The number of rotatable bonds is 6. The van der Waals surface area contributed by atoms with E-state index in [1.54, 1.807) is 44.2 Å². The standard InChI is InChI=1S/C20H20ClN3O4S2/c1-4-29(25,26)20-9-8-18(22-23-20)15-6-5-7-16(12-15)24-30(27,28)19-11-13(2)17(21)10-14(19)3/h5-12,24H,4H2,1-3H3. The van der Waals surface area contributed by atoms with Crippen LogP contribution in [0.1, 0.15) is 18.1 Å². The molecule has 0 radical (unpaired) electrons. The molecular formula is C20H20ClN3O4S2. The van der Waals surface area contributed by atoms with Crippen LogP contribution in [-0.4, -0.2) is 32.8 Å². The normalized spacial score (nSPS) is 12.0. The van der Waals surface area contributed by atoms with Crippen molar-refractivity contribution in [1.82, 2.24) is 10.2 Å². The van der Waals surface area contributed by atoms with E-state index in [9.17, 15) is 16.8 Å². The molecule has 1 aromatic heterocycles. The Hall–Kier alpha value is -2.49. The minimum Gasteiger partial charge on any atom is -0.280 e. The molecule has 0 fully saturated rings. The zero-order valence-electron chi connectivity index (χ0n) is 16.5. The second-order valence-electron chi connectivity index (χ2n) is 6.71. The summed E-state index contributed by atoms with van der Waals surface area (Å²) in [4.78, 5) is 0.142. The van der Waals surface area contributed by atoms with Crippen molar-refractivity contribution < 1.29 is 16.8 Å². The predicted molar refractivity (Wildman–Crippen MR) is 117 cm³/mol. The van der Waals surface area contributed by atoms with Crippen LogP contribution in [0.25, 0.3) is 11.3 Å².